The second kappa shape index (κ2) is 5.07. The smallest absolute Gasteiger partial charge is 0.175 e. The molecule has 4 rings (SSSR count). The number of aliphatic imine (C=N–C) groups is 1. The molecule has 0 saturated heterocycles. The number of aliphatic hydroxyl groups is 1. The second-order valence-corrected chi connectivity index (χ2v) is 6.33. The van der Waals surface area contributed by atoms with E-state index < -0.39 is 6.10 Å². The molecule has 22 heavy (non-hydrogen) atoms. The molecular formula is C16H16N2O3S. The molecule has 0 spiro atoms. The monoisotopic (exact) mass is 316 g/mol. The van der Waals surface area contributed by atoms with Gasteiger partial charge in [-0.05, 0) is 25.1 Å². The van der Waals surface area contributed by atoms with E-state index >= 15 is 0 Å². The molecule has 2 aromatic rings. The Morgan fingerprint density at radius 3 is 3.09 bits per heavy atom. The molecule has 1 N–H and O–H groups in total. The maximum Gasteiger partial charge on any atom is 0.175 e. The quantitative estimate of drug-likeness (QED) is 0.943. The molecule has 5 nitrogen and oxygen atoms in total. The van der Waals surface area contributed by atoms with Gasteiger partial charge in [-0.25, -0.2) is 0 Å². The summed E-state index contributed by atoms with van der Waals surface area (Å²) in [5, 5.41) is 12.1. The van der Waals surface area contributed by atoms with Gasteiger partial charge < -0.3 is 19.2 Å². The molecule has 1 aromatic carbocycles. The van der Waals surface area contributed by atoms with Crippen LogP contribution in [0.5, 0.6) is 5.75 Å². The van der Waals surface area contributed by atoms with Crippen molar-refractivity contribution in [2.45, 2.75) is 13.0 Å². The van der Waals surface area contributed by atoms with Crippen LogP contribution in [-0.4, -0.2) is 41.5 Å². The van der Waals surface area contributed by atoms with Gasteiger partial charge in [0.2, 0.25) is 0 Å². The number of ether oxygens (including phenoxy) is 1. The van der Waals surface area contributed by atoms with Gasteiger partial charge in [0.15, 0.2) is 16.5 Å². The number of nitrogens with zero attached hydrogens (tertiary/aromatic N) is 2. The molecule has 3 heterocycles. The fourth-order valence-corrected chi connectivity index (χ4v) is 4.06. The Kier molecular flexibility index (Phi) is 3.16. The van der Waals surface area contributed by atoms with Crippen LogP contribution in [0.25, 0.3) is 16.7 Å². The Morgan fingerprint density at radius 1 is 1.45 bits per heavy atom. The molecule has 1 aromatic heterocycles. The number of fused-ring (bicyclic) bond motifs is 2. The van der Waals surface area contributed by atoms with Crippen molar-refractivity contribution >= 4 is 33.6 Å². The topological polar surface area (TPSA) is 58.2 Å². The molecular weight excluding hydrogens is 300 g/mol. The van der Waals surface area contributed by atoms with Crippen molar-refractivity contribution in [3.8, 4) is 5.75 Å². The third kappa shape index (κ3) is 1.94. The van der Waals surface area contributed by atoms with E-state index in [0.717, 1.165) is 45.4 Å². The summed E-state index contributed by atoms with van der Waals surface area (Å²) in [7, 11) is 1.64. The van der Waals surface area contributed by atoms with E-state index in [1.54, 1.807) is 32.1 Å². The van der Waals surface area contributed by atoms with E-state index in [1.807, 2.05) is 12.1 Å². The van der Waals surface area contributed by atoms with Crippen molar-refractivity contribution in [1.82, 2.24) is 4.90 Å². The van der Waals surface area contributed by atoms with Gasteiger partial charge in [0, 0.05) is 22.4 Å². The van der Waals surface area contributed by atoms with Gasteiger partial charge >= 0.3 is 0 Å². The lowest BCUT2D eigenvalue weighted by atomic mass is 10.1. The summed E-state index contributed by atoms with van der Waals surface area (Å²) in [6.45, 7) is 3.43. The van der Waals surface area contributed by atoms with Crippen molar-refractivity contribution in [1.29, 1.82) is 0 Å². The minimum Gasteiger partial charge on any atom is -0.493 e. The van der Waals surface area contributed by atoms with Crippen molar-refractivity contribution in [3.05, 3.63) is 34.9 Å². The van der Waals surface area contributed by atoms with Crippen molar-refractivity contribution in [3.63, 3.8) is 0 Å². The van der Waals surface area contributed by atoms with Gasteiger partial charge in [0.1, 0.15) is 0 Å². The molecule has 0 fully saturated rings. The fraction of sp³-hybridized carbons (Fsp3) is 0.312. The van der Waals surface area contributed by atoms with Crippen LogP contribution in [-0.2, 0) is 0 Å². The van der Waals surface area contributed by atoms with Gasteiger partial charge in [-0.3, -0.25) is 4.99 Å². The van der Waals surface area contributed by atoms with Crippen LogP contribution in [0.1, 0.15) is 12.5 Å². The Bertz CT molecular complexity index is 807. The van der Waals surface area contributed by atoms with Gasteiger partial charge in [0.05, 0.1) is 31.7 Å². The van der Waals surface area contributed by atoms with Gasteiger partial charge in [-0.2, -0.15) is 0 Å². The SMILES string of the molecule is COc1cc(C2=C(C(C)O)SC3=NCCN32)cc2ccoc12. The minimum atomic E-state index is -0.528. The van der Waals surface area contributed by atoms with Crippen molar-refractivity contribution < 1.29 is 14.3 Å². The first-order valence-corrected chi connectivity index (χ1v) is 7.98. The number of rotatable bonds is 3. The molecule has 0 bridgehead atoms. The van der Waals surface area contributed by atoms with Crippen LogP contribution in [0.2, 0.25) is 0 Å². The molecule has 0 amide bonds. The molecule has 114 valence electrons. The van der Waals surface area contributed by atoms with Crippen molar-refractivity contribution in [2.24, 2.45) is 4.99 Å². The highest BCUT2D eigenvalue weighted by atomic mass is 32.2. The first kappa shape index (κ1) is 13.7. The summed E-state index contributed by atoms with van der Waals surface area (Å²) in [4.78, 5) is 7.61. The zero-order valence-electron chi connectivity index (χ0n) is 12.4. The maximum absolute atomic E-state index is 10.1. The number of benzene rings is 1. The number of amidine groups is 1. The molecule has 2 aliphatic rings. The fourth-order valence-electron chi connectivity index (χ4n) is 2.92. The molecule has 0 radical (unpaired) electrons. The normalized spacial score (nSPS) is 18.9. The van der Waals surface area contributed by atoms with Gasteiger partial charge in [-0.15, -0.1) is 0 Å². The van der Waals surface area contributed by atoms with Crippen LogP contribution in [0.3, 0.4) is 0 Å². The summed E-state index contributed by atoms with van der Waals surface area (Å²) in [6.07, 6.45) is 1.13. The van der Waals surface area contributed by atoms with E-state index in [2.05, 4.69) is 16.0 Å². The Morgan fingerprint density at radius 2 is 2.32 bits per heavy atom. The number of methoxy groups -OCH3 is 1. The molecule has 6 heteroatoms. The summed E-state index contributed by atoms with van der Waals surface area (Å²) in [5.41, 5.74) is 2.78. The standard InChI is InChI=1S/C16H16N2O3S/c1-9(19)15-13(18-5-4-17-16(18)22-15)11-7-10-3-6-21-14(10)12(8-11)20-2/h3,6-9,19H,4-5H2,1-2H3. The predicted molar refractivity (Wildman–Crippen MR) is 88.0 cm³/mol. The third-order valence-corrected chi connectivity index (χ3v) is 5.18. The third-order valence-electron chi connectivity index (χ3n) is 3.90. The average Bonchev–Trinajstić information content (AvgIpc) is 3.19. The van der Waals surface area contributed by atoms with E-state index in [-0.39, 0.29) is 0 Å². The zero-order valence-corrected chi connectivity index (χ0v) is 13.2. The van der Waals surface area contributed by atoms with E-state index in [1.165, 1.54) is 0 Å². The largest absolute Gasteiger partial charge is 0.493 e. The van der Waals surface area contributed by atoms with Crippen LogP contribution in [0.15, 0.2) is 38.8 Å². The average molecular weight is 316 g/mol. The first-order chi connectivity index (χ1) is 10.7. The lowest BCUT2D eigenvalue weighted by molar-refractivity contribution is 0.240. The highest BCUT2D eigenvalue weighted by Crippen LogP contribution is 2.44. The van der Waals surface area contributed by atoms with Gasteiger partial charge in [0.25, 0.3) is 0 Å². The summed E-state index contributed by atoms with van der Waals surface area (Å²) >= 11 is 1.55. The zero-order chi connectivity index (χ0) is 15.3. The maximum atomic E-state index is 10.1. The number of hydrogen-bond donors (Lipinski definition) is 1. The number of furan rings is 1. The Labute approximate surface area is 132 Å². The van der Waals surface area contributed by atoms with E-state index in [9.17, 15) is 5.11 Å². The second-order valence-electron chi connectivity index (χ2n) is 5.32. The molecule has 0 aliphatic carbocycles. The van der Waals surface area contributed by atoms with Crippen LogP contribution in [0, 0.1) is 0 Å². The summed E-state index contributed by atoms with van der Waals surface area (Å²) < 4.78 is 10.9. The number of hydrogen-bond acceptors (Lipinski definition) is 6. The summed E-state index contributed by atoms with van der Waals surface area (Å²) in [6, 6.07) is 5.96. The highest BCUT2D eigenvalue weighted by molar-refractivity contribution is 8.17. The Balaban J connectivity index is 1.92. The molecule has 1 atom stereocenters. The van der Waals surface area contributed by atoms with Crippen LogP contribution >= 0.6 is 11.8 Å². The van der Waals surface area contributed by atoms with Crippen LogP contribution in [0.4, 0.5) is 0 Å². The first-order valence-electron chi connectivity index (χ1n) is 7.16. The van der Waals surface area contributed by atoms with E-state index in [4.69, 9.17) is 9.15 Å². The highest BCUT2D eigenvalue weighted by Gasteiger charge is 2.35. The number of aliphatic hydroxyl groups excluding tert-OH is 1. The predicted octanol–water partition coefficient (Wildman–Crippen LogP) is 2.91. The minimum absolute atomic E-state index is 0.528. The lowest BCUT2D eigenvalue weighted by Gasteiger charge is -2.18. The van der Waals surface area contributed by atoms with E-state index in [0.29, 0.717) is 5.75 Å². The summed E-state index contributed by atoms with van der Waals surface area (Å²) in [5.74, 6) is 0.699. The molecule has 2 aliphatic heterocycles. The molecule has 1 unspecified atom stereocenters. The Hall–Kier alpha value is -1.92. The van der Waals surface area contributed by atoms with Crippen LogP contribution < -0.4 is 4.74 Å². The van der Waals surface area contributed by atoms with Crippen molar-refractivity contribution in [2.75, 3.05) is 20.2 Å². The number of thioether (sulfide) groups is 1. The van der Waals surface area contributed by atoms with Gasteiger partial charge in [-0.1, -0.05) is 11.8 Å². The molecule has 0 saturated carbocycles. The lowest BCUT2D eigenvalue weighted by Crippen LogP contribution is -2.20.